The molecular formula is C12H19N. The molecule has 0 amide bonds. The van der Waals surface area contributed by atoms with Crippen LogP contribution in [0.1, 0.15) is 18.1 Å². The van der Waals surface area contributed by atoms with E-state index in [0.717, 1.165) is 6.54 Å². The summed E-state index contributed by atoms with van der Waals surface area (Å²) in [5.41, 5.74) is 2.80. The molecule has 1 atom stereocenters. The monoisotopic (exact) mass is 177 g/mol. The van der Waals surface area contributed by atoms with Crippen LogP contribution in [0.15, 0.2) is 24.3 Å². The Morgan fingerprint density at radius 2 is 2.15 bits per heavy atom. The second-order valence-electron chi connectivity index (χ2n) is 3.86. The molecule has 0 aromatic heterocycles. The molecule has 13 heavy (non-hydrogen) atoms. The maximum absolute atomic E-state index is 3.20. The third-order valence-corrected chi connectivity index (χ3v) is 2.22. The summed E-state index contributed by atoms with van der Waals surface area (Å²) in [6.07, 6.45) is 1.17. The molecule has 1 heteroatoms. The molecule has 1 aromatic carbocycles. The van der Waals surface area contributed by atoms with E-state index in [4.69, 9.17) is 0 Å². The molecule has 0 aliphatic rings. The van der Waals surface area contributed by atoms with Crippen LogP contribution in [0.3, 0.4) is 0 Å². The summed E-state index contributed by atoms with van der Waals surface area (Å²) in [5.74, 6) is 0.715. The summed E-state index contributed by atoms with van der Waals surface area (Å²) in [7, 11) is 2.01. The Bertz CT molecular complexity index is 255. The van der Waals surface area contributed by atoms with Crippen molar-refractivity contribution in [1.29, 1.82) is 0 Å². The van der Waals surface area contributed by atoms with Crippen molar-refractivity contribution in [3.8, 4) is 0 Å². The van der Waals surface area contributed by atoms with E-state index >= 15 is 0 Å². The fourth-order valence-corrected chi connectivity index (χ4v) is 1.66. The molecule has 0 heterocycles. The molecule has 0 saturated heterocycles. The first-order valence-electron chi connectivity index (χ1n) is 4.92. The van der Waals surface area contributed by atoms with Crippen LogP contribution >= 0.6 is 0 Å². The van der Waals surface area contributed by atoms with Gasteiger partial charge in [0.15, 0.2) is 0 Å². The SMILES string of the molecule is CNCC(C)Cc1cccc(C)c1. The lowest BCUT2D eigenvalue weighted by Crippen LogP contribution is -2.17. The summed E-state index contributed by atoms with van der Waals surface area (Å²) < 4.78 is 0. The predicted octanol–water partition coefficient (Wildman–Crippen LogP) is 2.39. The maximum Gasteiger partial charge on any atom is -0.00230 e. The average molecular weight is 177 g/mol. The van der Waals surface area contributed by atoms with Crippen molar-refractivity contribution in [2.45, 2.75) is 20.3 Å². The molecule has 0 saturated carbocycles. The van der Waals surface area contributed by atoms with Gasteiger partial charge >= 0.3 is 0 Å². The number of rotatable bonds is 4. The smallest absolute Gasteiger partial charge is 0.00230 e. The Morgan fingerprint density at radius 1 is 1.38 bits per heavy atom. The van der Waals surface area contributed by atoms with Crippen LogP contribution in [0.5, 0.6) is 0 Å². The van der Waals surface area contributed by atoms with Gasteiger partial charge in [-0.25, -0.2) is 0 Å². The van der Waals surface area contributed by atoms with Crippen molar-refractivity contribution in [2.75, 3.05) is 13.6 Å². The lowest BCUT2D eigenvalue weighted by Gasteiger charge is -2.10. The molecular weight excluding hydrogens is 158 g/mol. The fourth-order valence-electron chi connectivity index (χ4n) is 1.66. The van der Waals surface area contributed by atoms with E-state index in [9.17, 15) is 0 Å². The van der Waals surface area contributed by atoms with Gasteiger partial charge < -0.3 is 5.32 Å². The molecule has 1 nitrogen and oxygen atoms in total. The number of nitrogens with one attached hydrogen (secondary N) is 1. The Kier molecular flexibility index (Phi) is 3.97. The van der Waals surface area contributed by atoms with Crippen molar-refractivity contribution in [3.05, 3.63) is 35.4 Å². The van der Waals surface area contributed by atoms with Gasteiger partial charge in [-0.05, 0) is 38.4 Å². The van der Waals surface area contributed by atoms with E-state index in [1.807, 2.05) is 7.05 Å². The minimum atomic E-state index is 0.715. The van der Waals surface area contributed by atoms with Crippen LogP contribution in [0, 0.1) is 12.8 Å². The van der Waals surface area contributed by atoms with Gasteiger partial charge in [0.05, 0.1) is 0 Å². The maximum atomic E-state index is 3.20. The Morgan fingerprint density at radius 3 is 2.77 bits per heavy atom. The van der Waals surface area contributed by atoms with Crippen LogP contribution in [-0.2, 0) is 6.42 Å². The Labute approximate surface area is 81.2 Å². The van der Waals surface area contributed by atoms with Crippen molar-refractivity contribution >= 4 is 0 Å². The summed E-state index contributed by atoms with van der Waals surface area (Å²) in [4.78, 5) is 0. The highest BCUT2D eigenvalue weighted by molar-refractivity contribution is 5.22. The standard InChI is InChI=1S/C12H19N/c1-10-5-4-6-12(7-10)8-11(2)9-13-3/h4-7,11,13H,8-9H2,1-3H3. The van der Waals surface area contributed by atoms with E-state index in [1.54, 1.807) is 0 Å². The molecule has 0 fully saturated rings. The first-order valence-corrected chi connectivity index (χ1v) is 4.92. The minimum absolute atomic E-state index is 0.715. The normalized spacial score (nSPS) is 12.8. The minimum Gasteiger partial charge on any atom is -0.319 e. The number of benzene rings is 1. The van der Waals surface area contributed by atoms with Gasteiger partial charge in [-0.3, -0.25) is 0 Å². The summed E-state index contributed by atoms with van der Waals surface area (Å²) >= 11 is 0. The van der Waals surface area contributed by atoms with Gasteiger partial charge in [0.1, 0.15) is 0 Å². The molecule has 0 aliphatic carbocycles. The highest BCUT2D eigenvalue weighted by Gasteiger charge is 2.01. The number of hydrogen-bond acceptors (Lipinski definition) is 1. The van der Waals surface area contributed by atoms with E-state index < -0.39 is 0 Å². The third kappa shape index (κ3) is 3.60. The number of aryl methyl sites for hydroxylation is 1. The zero-order chi connectivity index (χ0) is 9.68. The zero-order valence-corrected chi connectivity index (χ0v) is 8.80. The van der Waals surface area contributed by atoms with Gasteiger partial charge in [0.25, 0.3) is 0 Å². The fraction of sp³-hybridized carbons (Fsp3) is 0.500. The predicted molar refractivity (Wildman–Crippen MR) is 58.0 cm³/mol. The largest absolute Gasteiger partial charge is 0.319 e. The van der Waals surface area contributed by atoms with Crippen LogP contribution < -0.4 is 5.32 Å². The molecule has 1 N–H and O–H groups in total. The molecule has 72 valence electrons. The number of hydrogen-bond donors (Lipinski definition) is 1. The zero-order valence-electron chi connectivity index (χ0n) is 8.80. The molecule has 0 radical (unpaired) electrons. The van der Waals surface area contributed by atoms with Crippen molar-refractivity contribution in [2.24, 2.45) is 5.92 Å². The van der Waals surface area contributed by atoms with Gasteiger partial charge in [-0.15, -0.1) is 0 Å². The van der Waals surface area contributed by atoms with Crippen molar-refractivity contribution in [3.63, 3.8) is 0 Å². The molecule has 1 aromatic rings. The third-order valence-electron chi connectivity index (χ3n) is 2.22. The first kappa shape index (κ1) is 10.3. The van der Waals surface area contributed by atoms with Crippen LogP contribution in [0.2, 0.25) is 0 Å². The highest BCUT2D eigenvalue weighted by atomic mass is 14.8. The van der Waals surface area contributed by atoms with E-state index in [0.29, 0.717) is 5.92 Å². The molecule has 1 unspecified atom stereocenters. The van der Waals surface area contributed by atoms with Crippen LogP contribution in [0.4, 0.5) is 0 Å². The van der Waals surface area contributed by atoms with Gasteiger partial charge in [0.2, 0.25) is 0 Å². The van der Waals surface area contributed by atoms with Gasteiger partial charge in [0, 0.05) is 0 Å². The second-order valence-corrected chi connectivity index (χ2v) is 3.86. The van der Waals surface area contributed by atoms with E-state index in [2.05, 4.69) is 43.4 Å². The molecule has 1 rings (SSSR count). The van der Waals surface area contributed by atoms with E-state index in [1.165, 1.54) is 17.5 Å². The lowest BCUT2D eigenvalue weighted by atomic mass is 10.00. The lowest BCUT2D eigenvalue weighted by molar-refractivity contribution is 0.541. The van der Waals surface area contributed by atoms with Gasteiger partial charge in [-0.2, -0.15) is 0 Å². The quantitative estimate of drug-likeness (QED) is 0.744. The summed E-state index contributed by atoms with van der Waals surface area (Å²) in [6.45, 7) is 5.51. The van der Waals surface area contributed by atoms with Crippen molar-refractivity contribution < 1.29 is 0 Å². The van der Waals surface area contributed by atoms with E-state index in [-0.39, 0.29) is 0 Å². The molecule has 0 bridgehead atoms. The van der Waals surface area contributed by atoms with Crippen LogP contribution in [0.25, 0.3) is 0 Å². The topological polar surface area (TPSA) is 12.0 Å². The van der Waals surface area contributed by atoms with Gasteiger partial charge in [-0.1, -0.05) is 36.8 Å². The van der Waals surface area contributed by atoms with Crippen LogP contribution in [-0.4, -0.2) is 13.6 Å². The highest BCUT2D eigenvalue weighted by Crippen LogP contribution is 2.09. The first-order chi connectivity index (χ1) is 6.22. The summed E-state index contributed by atoms with van der Waals surface area (Å²) in [5, 5.41) is 3.20. The Balaban J connectivity index is 2.53. The molecule has 0 spiro atoms. The summed E-state index contributed by atoms with van der Waals surface area (Å²) in [6, 6.07) is 8.76. The average Bonchev–Trinajstić information content (AvgIpc) is 2.04. The molecule has 0 aliphatic heterocycles. The second kappa shape index (κ2) is 5.03. The Hall–Kier alpha value is -0.820. The van der Waals surface area contributed by atoms with Crippen molar-refractivity contribution in [1.82, 2.24) is 5.32 Å².